The molecular weight excluding hydrogens is 232 g/mol. The molecule has 0 aromatic carbocycles. The van der Waals surface area contributed by atoms with Gasteiger partial charge in [0.05, 0.1) is 10.7 Å². The van der Waals surface area contributed by atoms with Crippen molar-refractivity contribution in [3.05, 3.63) is 15.6 Å². The topological polar surface area (TPSA) is 42.0 Å². The molecule has 0 fully saturated rings. The van der Waals surface area contributed by atoms with Gasteiger partial charge < -0.3 is 5.32 Å². The van der Waals surface area contributed by atoms with E-state index in [-0.39, 0.29) is 5.91 Å². The summed E-state index contributed by atoms with van der Waals surface area (Å²) in [7, 11) is 0. The maximum Gasteiger partial charge on any atom is 0.220 e. The number of rotatable bonds is 7. The van der Waals surface area contributed by atoms with E-state index in [1.165, 1.54) is 17.7 Å². The molecule has 0 saturated heterocycles. The highest BCUT2D eigenvalue weighted by Crippen LogP contribution is 2.18. The lowest BCUT2D eigenvalue weighted by molar-refractivity contribution is -0.121. The fourth-order valence-corrected chi connectivity index (χ4v) is 2.66. The largest absolute Gasteiger partial charge is 0.356 e. The first-order valence-corrected chi connectivity index (χ1v) is 7.14. The lowest BCUT2D eigenvalue weighted by atomic mass is 10.2. The number of hydrogen-bond donors (Lipinski definition) is 1. The molecule has 0 aliphatic carbocycles. The van der Waals surface area contributed by atoms with Crippen LogP contribution in [0.5, 0.6) is 0 Å². The maximum absolute atomic E-state index is 11.6. The number of nitrogens with one attached hydrogen (secondary N) is 1. The lowest BCUT2D eigenvalue weighted by Crippen LogP contribution is -2.24. The summed E-state index contributed by atoms with van der Waals surface area (Å²) in [5.74, 6) is 0.159. The molecule has 0 bridgehead atoms. The fourth-order valence-electron chi connectivity index (χ4n) is 1.72. The molecule has 0 atom stereocenters. The second-order valence-electron chi connectivity index (χ2n) is 4.30. The van der Waals surface area contributed by atoms with Crippen LogP contribution in [0.4, 0.5) is 0 Å². The van der Waals surface area contributed by atoms with Crippen molar-refractivity contribution in [3.63, 3.8) is 0 Å². The van der Waals surface area contributed by atoms with Crippen molar-refractivity contribution in [1.82, 2.24) is 10.3 Å². The van der Waals surface area contributed by atoms with Crippen LogP contribution in [0.15, 0.2) is 0 Å². The number of carbonyl (C=O) groups excluding carboxylic acids is 1. The van der Waals surface area contributed by atoms with Crippen LogP contribution in [-0.2, 0) is 11.2 Å². The number of amides is 1. The van der Waals surface area contributed by atoms with Crippen LogP contribution in [-0.4, -0.2) is 17.4 Å². The first-order valence-electron chi connectivity index (χ1n) is 6.33. The van der Waals surface area contributed by atoms with Gasteiger partial charge in [0.15, 0.2) is 0 Å². The summed E-state index contributed by atoms with van der Waals surface area (Å²) < 4.78 is 0. The molecule has 0 aliphatic heterocycles. The average molecular weight is 254 g/mol. The zero-order valence-corrected chi connectivity index (χ0v) is 11.8. The fraction of sp³-hybridized carbons (Fsp3) is 0.692. The molecule has 96 valence electrons. The summed E-state index contributed by atoms with van der Waals surface area (Å²) in [6.07, 6.45) is 4.86. The van der Waals surface area contributed by atoms with Gasteiger partial charge in [-0.2, -0.15) is 0 Å². The Morgan fingerprint density at radius 1 is 1.35 bits per heavy atom. The van der Waals surface area contributed by atoms with Crippen LogP contribution in [0, 0.1) is 13.8 Å². The normalized spacial score (nSPS) is 10.5. The van der Waals surface area contributed by atoms with Crippen LogP contribution in [0.1, 0.15) is 48.2 Å². The Bertz CT molecular complexity index is 360. The van der Waals surface area contributed by atoms with Gasteiger partial charge in [-0.25, -0.2) is 4.98 Å². The predicted molar refractivity (Wildman–Crippen MR) is 72.4 cm³/mol. The standard InChI is InChI=1S/C13H22N2OS/c1-4-5-6-9-14-13(16)8-7-12-10(2)15-11(3)17-12/h4-9H2,1-3H3,(H,14,16). The van der Waals surface area contributed by atoms with Gasteiger partial charge in [-0.3, -0.25) is 4.79 Å². The van der Waals surface area contributed by atoms with Crippen LogP contribution in [0.2, 0.25) is 0 Å². The smallest absolute Gasteiger partial charge is 0.220 e. The van der Waals surface area contributed by atoms with Crippen molar-refractivity contribution in [2.75, 3.05) is 6.54 Å². The Balaban J connectivity index is 2.21. The van der Waals surface area contributed by atoms with Crippen molar-refractivity contribution in [1.29, 1.82) is 0 Å². The molecule has 1 aromatic rings. The molecule has 1 heterocycles. The molecule has 0 spiro atoms. The number of hydrogen-bond acceptors (Lipinski definition) is 3. The van der Waals surface area contributed by atoms with Crippen LogP contribution < -0.4 is 5.32 Å². The molecule has 1 rings (SSSR count). The van der Waals surface area contributed by atoms with Gasteiger partial charge in [-0.1, -0.05) is 19.8 Å². The van der Waals surface area contributed by atoms with E-state index in [0.717, 1.165) is 30.1 Å². The Kier molecular flexibility index (Phi) is 6.19. The molecule has 0 aliphatic rings. The second-order valence-corrected chi connectivity index (χ2v) is 5.59. The van der Waals surface area contributed by atoms with Crippen molar-refractivity contribution < 1.29 is 4.79 Å². The van der Waals surface area contributed by atoms with Crippen LogP contribution in [0.25, 0.3) is 0 Å². The summed E-state index contributed by atoms with van der Waals surface area (Å²) >= 11 is 1.70. The highest BCUT2D eigenvalue weighted by Gasteiger charge is 2.07. The van der Waals surface area contributed by atoms with E-state index in [9.17, 15) is 4.79 Å². The van der Waals surface area contributed by atoms with E-state index in [0.29, 0.717) is 6.42 Å². The Morgan fingerprint density at radius 2 is 2.12 bits per heavy atom. The number of nitrogens with zero attached hydrogens (tertiary/aromatic N) is 1. The second kappa shape index (κ2) is 7.43. The Morgan fingerprint density at radius 3 is 2.71 bits per heavy atom. The molecular formula is C13H22N2OS. The molecule has 1 N–H and O–H groups in total. The van der Waals surface area contributed by atoms with Gasteiger partial charge in [-0.15, -0.1) is 11.3 Å². The van der Waals surface area contributed by atoms with E-state index < -0.39 is 0 Å². The Labute approximate surface area is 108 Å². The molecule has 1 aromatic heterocycles. The first-order chi connectivity index (χ1) is 8.13. The van der Waals surface area contributed by atoms with Crippen LogP contribution >= 0.6 is 11.3 Å². The summed E-state index contributed by atoms with van der Waals surface area (Å²) in [5, 5.41) is 4.04. The van der Waals surface area contributed by atoms with E-state index in [1.807, 2.05) is 13.8 Å². The monoisotopic (exact) mass is 254 g/mol. The minimum Gasteiger partial charge on any atom is -0.356 e. The predicted octanol–water partition coefficient (Wildman–Crippen LogP) is 3.00. The number of thiazole rings is 1. The van der Waals surface area contributed by atoms with Crippen molar-refractivity contribution >= 4 is 17.2 Å². The van der Waals surface area contributed by atoms with Gasteiger partial charge in [-0.05, 0) is 26.7 Å². The molecule has 4 heteroatoms. The summed E-state index contributed by atoms with van der Waals surface area (Å²) in [5.41, 5.74) is 1.08. The number of aryl methyl sites for hydroxylation is 3. The average Bonchev–Trinajstić information content (AvgIpc) is 2.61. The minimum atomic E-state index is 0.159. The van der Waals surface area contributed by atoms with E-state index >= 15 is 0 Å². The number of carbonyl (C=O) groups is 1. The quantitative estimate of drug-likeness (QED) is 0.760. The molecule has 3 nitrogen and oxygen atoms in total. The van der Waals surface area contributed by atoms with E-state index in [1.54, 1.807) is 11.3 Å². The third kappa shape index (κ3) is 5.31. The van der Waals surface area contributed by atoms with Gasteiger partial charge in [0, 0.05) is 17.8 Å². The highest BCUT2D eigenvalue weighted by atomic mass is 32.1. The highest BCUT2D eigenvalue weighted by molar-refractivity contribution is 7.11. The summed E-state index contributed by atoms with van der Waals surface area (Å²) in [6, 6.07) is 0. The molecule has 0 unspecified atom stereocenters. The molecule has 0 radical (unpaired) electrons. The maximum atomic E-state index is 11.6. The van der Waals surface area contributed by atoms with Gasteiger partial charge in [0.2, 0.25) is 5.91 Å². The van der Waals surface area contributed by atoms with E-state index in [2.05, 4.69) is 17.2 Å². The van der Waals surface area contributed by atoms with Gasteiger partial charge in [0.25, 0.3) is 0 Å². The summed E-state index contributed by atoms with van der Waals surface area (Å²) in [4.78, 5) is 17.2. The third-order valence-electron chi connectivity index (χ3n) is 2.68. The molecule has 1 amide bonds. The lowest BCUT2D eigenvalue weighted by Gasteiger charge is -2.03. The van der Waals surface area contributed by atoms with Gasteiger partial charge >= 0.3 is 0 Å². The van der Waals surface area contributed by atoms with Gasteiger partial charge in [0.1, 0.15) is 0 Å². The number of unbranched alkanes of at least 4 members (excludes halogenated alkanes) is 2. The SMILES string of the molecule is CCCCCNC(=O)CCc1sc(C)nc1C. The molecule has 0 saturated carbocycles. The Hall–Kier alpha value is -0.900. The third-order valence-corrected chi connectivity index (χ3v) is 3.81. The first kappa shape index (κ1) is 14.2. The zero-order chi connectivity index (χ0) is 12.7. The zero-order valence-electron chi connectivity index (χ0n) is 11.0. The van der Waals surface area contributed by atoms with Crippen molar-refractivity contribution in [2.45, 2.75) is 52.9 Å². The number of aromatic nitrogens is 1. The van der Waals surface area contributed by atoms with Crippen molar-refractivity contribution in [3.8, 4) is 0 Å². The van der Waals surface area contributed by atoms with Crippen molar-refractivity contribution in [2.24, 2.45) is 0 Å². The molecule has 17 heavy (non-hydrogen) atoms. The van der Waals surface area contributed by atoms with E-state index in [4.69, 9.17) is 0 Å². The summed E-state index contributed by atoms with van der Waals surface area (Å²) in [6.45, 7) is 6.99. The van der Waals surface area contributed by atoms with Crippen LogP contribution in [0.3, 0.4) is 0 Å². The minimum absolute atomic E-state index is 0.159.